The Bertz CT molecular complexity index is 129. The van der Waals surface area contributed by atoms with E-state index in [1.54, 1.807) is 0 Å². The third-order valence-corrected chi connectivity index (χ3v) is 2.94. The average Bonchev–Trinajstić information content (AvgIpc) is 1.21. The van der Waals surface area contributed by atoms with Crippen molar-refractivity contribution in [2.75, 3.05) is 0 Å². The van der Waals surface area contributed by atoms with Gasteiger partial charge < -0.3 is 0 Å². The summed E-state index contributed by atoms with van der Waals surface area (Å²) in [6.45, 7) is 0. The van der Waals surface area contributed by atoms with Crippen LogP contribution in [0.2, 0.25) is 0 Å². The van der Waals surface area contributed by atoms with Crippen molar-refractivity contribution in [2.45, 2.75) is 0 Å². The van der Waals surface area contributed by atoms with Crippen LogP contribution in [-0.2, 0) is 40.8 Å². The molecule has 1 unspecified atom stereocenters. The van der Waals surface area contributed by atoms with Gasteiger partial charge >= 0.3 is 52.9 Å². The van der Waals surface area contributed by atoms with Crippen molar-refractivity contribution in [3.8, 4) is 0 Å². The van der Waals surface area contributed by atoms with Crippen LogP contribution in [-0.4, -0.2) is 8.06 Å². The fourth-order valence-corrected chi connectivity index (χ4v) is 1.50. The SMILES string of the molecule is [O]=[V]([OH])[O][V](=[O])([O-])[OH]. The molecule has 0 aliphatic rings. The second kappa shape index (κ2) is 2.95. The molecule has 49 valence electrons. The van der Waals surface area contributed by atoms with Crippen LogP contribution in [0.4, 0.5) is 0 Å². The van der Waals surface area contributed by atoms with Crippen LogP contribution < -0.4 is 4.03 Å². The standard InChI is InChI=1S/2H2O.4O.2V/h2*1H2;;;;;;/q;;;;;-1;2*+1/p-2. The van der Waals surface area contributed by atoms with Gasteiger partial charge in [-0.2, -0.15) is 0 Å². The molecule has 0 saturated carbocycles. The zero-order valence-corrected chi connectivity index (χ0v) is 6.22. The molecule has 0 saturated heterocycles. The molecule has 0 amide bonds. The molecule has 0 aromatic heterocycles. The van der Waals surface area contributed by atoms with Crippen LogP contribution >= 0.6 is 0 Å². The van der Waals surface area contributed by atoms with Crippen LogP contribution in [0.5, 0.6) is 0 Å². The zero-order valence-electron chi connectivity index (χ0n) is 3.42. The minimum absolute atomic E-state index is 3.20. The second-order valence-corrected chi connectivity index (χ2v) is 4.30. The summed E-state index contributed by atoms with van der Waals surface area (Å²) in [5.41, 5.74) is 0. The van der Waals surface area contributed by atoms with Crippen molar-refractivity contribution in [1.82, 2.24) is 0 Å². The van der Waals surface area contributed by atoms with Gasteiger partial charge in [-0.1, -0.05) is 0 Å². The molecular weight excluding hydrogens is 198 g/mol. The topological polar surface area (TPSA) is 107 Å². The summed E-state index contributed by atoms with van der Waals surface area (Å²) in [5, 5.41) is 0. The number of hydrogen-bond acceptors (Lipinski definition) is 4. The van der Waals surface area contributed by atoms with E-state index in [-0.39, 0.29) is 0 Å². The van der Waals surface area contributed by atoms with E-state index in [1.807, 2.05) is 0 Å². The van der Waals surface area contributed by atoms with Gasteiger partial charge in [-0.3, -0.25) is 0 Å². The molecule has 1 atom stereocenters. The molecule has 0 aromatic carbocycles. The van der Waals surface area contributed by atoms with Gasteiger partial charge in [-0.05, 0) is 0 Å². The predicted octanol–water partition coefficient (Wildman–Crippen LogP) is -2.61. The first-order valence-electron chi connectivity index (χ1n) is 1.31. The third-order valence-electron chi connectivity index (χ3n) is 0.173. The summed E-state index contributed by atoms with van der Waals surface area (Å²) in [4.78, 5) is 0. The maximum atomic E-state index is 9.54. The fourth-order valence-electron chi connectivity index (χ4n) is 0.0883. The molecule has 0 fully saturated rings. The molecule has 0 bridgehead atoms. The van der Waals surface area contributed by atoms with E-state index in [2.05, 4.69) is 2.59 Å². The molecule has 0 aliphatic heterocycles. The summed E-state index contributed by atoms with van der Waals surface area (Å²) in [6.07, 6.45) is 0. The van der Waals surface area contributed by atoms with Crippen LogP contribution in [0.1, 0.15) is 0 Å². The zero-order chi connectivity index (χ0) is 6.78. The number of rotatable bonds is 2. The van der Waals surface area contributed by atoms with Gasteiger partial charge in [-0.15, -0.1) is 0 Å². The van der Waals surface area contributed by atoms with Gasteiger partial charge in [-0.25, -0.2) is 0 Å². The first-order valence-corrected chi connectivity index (χ1v) is 5.41. The van der Waals surface area contributed by atoms with Crippen molar-refractivity contribution < 1.29 is 52.9 Å². The van der Waals surface area contributed by atoms with E-state index >= 15 is 0 Å². The molecule has 0 rings (SSSR count). The molecule has 6 nitrogen and oxygen atoms in total. The molecule has 0 spiro atoms. The first-order chi connectivity index (χ1) is 3.42. The van der Waals surface area contributed by atoms with E-state index in [0.29, 0.717) is 0 Å². The van der Waals surface area contributed by atoms with Gasteiger partial charge in [0.1, 0.15) is 0 Å². The van der Waals surface area contributed by atoms with Crippen LogP contribution in [0.25, 0.3) is 0 Å². The van der Waals surface area contributed by atoms with Crippen LogP contribution in [0.15, 0.2) is 0 Å². The quantitative estimate of drug-likeness (QED) is 0.505. The summed E-state index contributed by atoms with van der Waals surface area (Å²) in [6, 6.07) is 0. The summed E-state index contributed by atoms with van der Waals surface area (Å²) < 4.78 is 47.2. The molecule has 8 heavy (non-hydrogen) atoms. The molecule has 2 N–H and O–H groups in total. The average molecular weight is 200 g/mol. The Kier molecular flexibility index (Phi) is 3.18. The summed E-state index contributed by atoms with van der Waals surface area (Å²) in [5.74, 6) is 0. The molecule has 0 radical (unpaired) electrons. The Morgan fingerprint density at radius 2 is 2.12 bits per heavy atom. The van der Waals surface area contributed by atoms with Crippen molar-refractivity contribution in [3.05, 3.63) is 0 Å². The van der Waals surface area contributed by atoms with E-state index in [4.69, 9.17) is 8.06 Å². The Balaban J connectivity index is 3.74. The van der Waals surface area contributed by atoms with Crippen molar-refractivity contribution in [2.24, 2.45) is 0 Å². The predicted molar refractivity (Wildman–Crippen MR) is 6.90 cm³/mol. The number of hydrogen-bond donors (Lipinski definition) is 2. The Morgan fingerprint density at radius 3 is 2.12 bits per heavy atom. The van der Waals surface area contributed by atoms with E-state index in [9.17, 15) is 11.4 Å². The van der Waals surface area contributed by atoms with E-state index in [1.165, 1.54) is 0 Å². The van der Waals surface area contributed by atoms with Crippen molar-refractivity contribution in [3.63, 3.8) is 0 Å². The van der Waals surface area contributed by atoms with Gasteiger partial charge in [0.05, 0.1) is 0 Å². The summed E-state index contributed by atoms with van der Waals surface area (Å²) in [7, 11) is 0. The minimum atomic E-state index is -5.51. The Morgan fingerprint density at radius 1 is 1.75 bits per heavy atom. The maximum absolute atomic E-state index is 9.54. The monoisotopic (exact) mass is 200 g/mol. The van der Waals surface area contributed by atoms with Crippen LogP contribution in [0.3, 0.4) is 0 Å². The molecular formula is H2O6V2-. The first kappa shape index (κ1) is 8.61. The molecule has 8 heteroatoms. The second-order valence-electron chi connectivity index (χ2n) is 0.788. The van der Waals surface area contributed by atoms with Gasteiger partial charge in [0.2, 0.25) is 0 Å². The van der Waals surface area contributed by atoms with E-state index < -0.39 is 30.8 Å². The van der Waals surface area contributed by atoms with Crippen LogP contribution in [0, 0.1) is 0 Å². The van der Waals surface area contributed by atoms with E-state index in [0.717, 1.165) is 0 Å². The Hall–Kier alpha value is 0.609. The fraction of sp³-hybridized carbons (Fsp3) is 0. The van der Waals surface area contributed by atoms with Gasteiger partial charge in [0, 0.05) is 0 Å². The molecule has 0 aromatic rings. The van der Waals surface area contributed by atoms with Gasteiger partial charge in [0.15, 0.2) is 0 Å². The summed E-state index contributed by atoms with van der Waals surface area (Å²) >= 11 is -9.41. The Labute approximate surface area is 53.2 Å². The van der Waals surface area contributed by atoms with Crippen molar-refractivity contribution >= 4 is 0 Å². The normalized spacial score (nSPS) is 17.4. The molecule has 0 aliphatic carbocycles. The third kappa shape index (κ3) is 6.61. The van der Waals surface area contributed by atoms with Gasteiger partial charge in [0.25, 0.3) is 0 Å². The van der Waals surface area contributed by atoms with Crippen molar-refractivity contribution in [1.29, 1.82) is 0 Å². The molecule has 0 heterocycles.